The zero-order valence-corrected chi connectivity index (χ0v) is 16.4. The molecule has 1 N–H and O–H groups in total. The summed E-state index contributed by atoms with van der Waals surface area (Å²) in [4.78, 5) is 25.3. The van der Waals surface area contributed by atoms with Crippen LogP contribution in [-0.2, 0) is 13.0 Å². The number of hydrogen-bond acceptors (Lipinski definition) is 5. The Bertz CT molecular complexity index is 1120. The normalized spacial score (nSPS) is 11.1. The van der Waals surface area contributed by atoms with Crippen LogP contribution in [0.15, 0.2) is 65.5 Å². The molecule has 29 heavy (non-hydrogen) atoms. The first-order valence-corrected chi connectivity index (χ1v) is 9.61. The summed E-state index contributed by atoms with van der Waals surface area (Å²) >= 11 is 0. The Hall–Kier alpha value is -3.54. The molecule has 0 aliphatic carbocycles. The number of amides is 1. The monoisotopic (exact) mass is 386 g/mol. The predicted molar refractivity (Wildman–Crippen MR) is 111 cm³/mol. The van der Waals surface area contributed by atoms with Gasteiger partial charge in [-0.2, -0.15) is 0 Å². The molecule has 6 nitrogen and oxygen atoms in total. The second-order valence-corrected chi connectivity index (χ2v) is 7.40. The van der Waals surface area contributed by atoms with E-state index in [0.29, 0.717) is 29.6 Å². The van der Waals surface area contributed by atoms with Gasteiger partial charge in [-0.15, -0.1) is 0 Å². The van der Waals surface area contributed by atoms with Crippen LogP contribution in [0.25, 0.3) is 22.6 Å². The van der Waals surface area contributed by atoms with Gasteiger partial charge in [-0.05, 0) is 53.8 Å². The van der Waals surface area contributed by atoms with Crippen molar-refractivity contribution >= 4 is 17.0 Å². The fourth-order valence-electron chi connectivity index (χ4n) is 3.12. The van der Waals surface area contributed by atoms with Crippen LogP contribution in [0.5, 0.6) is 0 Å². The van der Waals surface area contributed by atoms with E-state index in [4.69, 9.17) is 4.42 Å². The van der Waals surface area contributed by atoms with E-state index in [2.05, 4.69) is 34.1 Å². The highest BCUT2D eigenvalue weighted by Crippen LogP contribution is 2.24. The lowest BCUT2D eigenvalue weighted by Gasteiger charge is -2.07. The molecule has 4 aromatic rings. The van der Waals surface area contributed by atoms with Crippen LogP contribution >= 0.6 is 0 Å². The van der Waals surface area contributed by atoms with E-state index < -0.39 is 0 Å². The molecule has 0 bridgehead atoms. The first kappa shape index (κ1) is 18.8. The number of hydrogen-bond donors (Lipinski definition) is 1. The van der Waals surface area contributed by atoms with E-state index in [0.717, 1.165) is 28.6 Å². The van der Waals surface area contributed by atoms with Crippen molar-refractivity contribution in [2.75, 3.05) is 0 Å². The summed E-state index contributed by atoms with van der Waals surface area (Å²) in [7, 11) is 0. The Balaban J connectivity index is 1.43. The molecule has 0 atom stereocenters. The number of rotatable bonds is 6. The molecule has 0 saturated carbocycles. The number of fused-ring (bicyclic) bond motifs is 1. The summed E-state index contributed by atoms with van der Waals surface area (Å²) in [6.45, 7) is 4.70. The minimum absolute atomic E-state index is 0.199. The Morgan fingerprint density at radius 3 is 2.69 bits per heavy atom. The maximum absolute atomic E-state index is 12.4. The zero-order valence-electron chi connectivity index (χ0n) is 16.4. The molecule has 1 amide bonds. The van der Waals surface area contributed by atoms with Gasteiger partial charge >= 0.3 is 0 Å². The lowest BCUT2D eigenvalue weighted by atomic mass is 10.0. The van der Waals surface area contributed by atoms with Crippen LogP contribution in [0.4, 0.5) is 0 Å². The van der Waals surface area contributed by atoms with E-state index in [-0.39, 0.29) is 5.91 Å². The number of aromatic nitrogens is 3. The van der Waals surface area contributed by atoms with Crippen molar-refractivity contribution in [3.63, 3.8) is 0 Å². The fraction of sp³-hybridized carbons (Fsp3) is 0.217. The van der Waals surface area contributed by atoms with Crippen molar-refractivity contribution in [1.29, 1.82) is 0 Å². The fourth-order valence-corrected chi connectivity index (χ4v) is 3.12. The Kier molecular flexibility index (Phi) is 5.33. The van der Waals surface area contributed by atoms with Gasteiger partial charge in [-0.1, -0.05) is 26.0 Å². The molecule has 0 aliphatic rings. The highest BCUT2D eigenvalue weighted by Gasteiger charge is 2.11. The van der Waals surface area contributed by atoms with Crippen molar-refractivity contribution in [3.05, 3.63) is 77.9 Å². The smallest absolute Gasteiger partial charge is 0.270 e. The van der Waals surface area contributed by atoms with Crippen molar-refractivity contribution < 1.29 is 9.21 Å². The molecule has 0 saturated heterocycles. The number of oxazole rings is 1. The third kappa shape index (κ3) is 4.48. The van der Waals surface area contributed by atoms with Gasteiger partial charge in [0.1, 0.15) is 11.2 Å². The number of benzene rings is 1. The van der Waals surface area contributed by atoms with Crippen molar-refractivity contribution in [1.82, 2.24) is 20.3 Å². The van der Waals surface area contributed by atoms with Gasteiger partial charge in [0.15, 0.2) is 5.58 Å². The molecular formula is C23H22N4O2. The van der Waals surface area contributed by atoms with Crippen LogP contribution < -0.4 is 5.32 Å². The average molecular weight is 386 g/mol. The third-order valence-electron chi connectivity index (χ3n) is 4.52. The van der Waals surface area contributed by atoms with Gasteiger partial charge in [-0.3, -0.25) is 14.8 Å². The van der Waals surface area contributed by atoms with Crippen LogP contribution in [0.1, 0.15) is 35.5 Å². The summed E-state index contributed by atoms with van der Waals surface area (Å²) in [5.74, 6) is 0.885. The molecule has 6 heteroatoms. The molecule has 1 aromatic carbocycles. The van der Waals surface area contributed by atoms with Crippen LogP contribution in [0.3, 0.4) is 0 Å². The number of carbonyl (C=O) groups is 1. The van der Waals surface area contributed by atoms with E-state index in [1.54, 1.807) is 24.7 Å². The highest BCUT2D eigenvalue weighted by atomic mass is 16.3. The van der Waals surface area contributed by atoms with Crippen molar-refractivity contribution in [2.45, 2.75) is 26.8 Å². The first-order valence-electron chi connectivity index (χ1n) is 9.61. The largest absolute Gasteiger partial charge is 0.436 e. The van der Waals surface area contributed by atoms with Crippen molar-refractivity contribution in [2.24, 2.45) is 5.92 Å². The van der Waals surface area contributed by atoms with E-state index in [9.17, 15) is 4.79 Å². The zero-order chi connectivity index (χ0) is 20.2. The lowest BCUT2D eigenvalue weighted by Crippen LogP contribution is -2.23. The second kappa shape index (κ2) is 8.22. The molecule has 0 unspecified atom stereocenters. The number of nitrogens with zero attached hydrogens (tertiary/aromatic N) is 3. The first-order chi connectivity index (χ1) is 14.1. The molecule has 146 valence electrons. The van der Waals surface area contributed by atoms with Crippen LogP contribution in [0.2, 0.25) is 0 Å². The van der Waals surface area contributed by atoms with Gasteiger partial charge < -0.3 is 9.73 Å². The van der Waals surface area contributed by atoms with Crippen molar-refractivity contribution in [3.8, 4) is 11.5 Å². The molecule has 4 rings (SSSR count). The quantitative estimate of drug-likeness (QED) is 0.531. The van der Waals surface area contributed by atoms with Gasteiger partial charge in [-0.25, -0.2) is 4.98 Å². The SMILES string of the molecule is CC(C)Cc1ccc(C(=O)NCc2ccc3nc(-c4cccnc4)oc3c2)nc1. The summed E-state index contributed by atoms with van der Waals surface area (Å²) in [6.07, 6.45) is 6.15. The summed E-state index contributed by atoms with van der Waals surface area (Å²) < 4.78 is 5.85. The minimum atomic E-state index is -0.199. The molecule has 0 spiro atoms. The predicted octanol–water partition coefficient (Wildman–Crippen LogP) is 4.41. The van der Waals surface area contributed by atoms with E-state index in [1.807, 2.05) is 36.4 Å². The van der Waals surface area contributed by atoms with E-state index >= 15 is 0 Å². The van der Waals surface area contributed by atoms with Crippen LogP contribution in [-0.4, -0.2) is 20.9 Å². The van der Waals surface area contributed by atoms with Gasteiger partial charge in [0, 0.05) is 25.1 Å². The van der Waals surface area contributed by atoms with Crippen LogP contribution in [0, 0.1) is 5.92 Å². The molecule has 3 aromatic heterocycles. The highest BCUT2D eigenvalue weighted by molar-refractivity contribution is 5.92. The summed E-state index contributed by atoms with van der Waals surface area (Å²) in [6, 6.07) is 13.2. The molecule has 0 radical (unpaired) electrons. The second-order valence-electron chi connectivity index (χ2n) is 7.40. The maximum atomic E-state index is 12.4. The molecule has 3 heterocycles. The Morgan fingerprint density at radius 1 is 1.10 bits per heavy atom. The van der Waals surface area contributed by atoms with Gasteiger partial charge in [0.05, 0.1) is 5.56 Å². The summed E-state index contributed by atoms with van der Waals surface area (Å²) in [5.41, 5.74) is 4.74. The average Bonchev–Trinajstić information content (AvgIpc) is 3.16. The standard InChI is InChI=1S/C23H22N4O2/c1-15(2)10-16-6-8-20(25-12-16)22(28)26-13-17-5-7-19-21(11-17)29-23(27-19)18-4-3-9-24-14-18/h3-9,11-12,14-15H,10,13H2,1-2H3,(H,26,28). The summed E-state index contributed by atoms with van der Waals surface area (Å²) in [5, 5.41) is 2.91. The third-order valence-corrected chi connectivity index (χ3v) is 4.52. The number of pyridine rings is 2. The topological polar surface area (TPSA) is 80.9 Å². The van der Waals surface area contributed by atoms with Gasteiger partial charge in [0.25, 0.3) is 5.91 Å². The minimum Gasteiger partial charge on any atom is -0.436 e. The maximum Gasteiger partial charge on any atom is 0.270 e. The molecule has 0 fully saturated rings. The van der Waals surface area contributed by atoms with E-state index in [1.165, 1.54) is 0 Å². The van der Waals surface area contributed by atoms with Gasteiger partial charge in [0.2, 0.25) is 5.89 Å². The molecule has 0 aliphatic heterocycles. The lowest BCUT2D eigenvalue weighted by molar-refractivity contribution is 0.0946. The number of carbonyl (C=O) groups excluding carboxylic acids is 1. The molecular weight excluding hydrogens is 364 g/mol. The Morgan fingerprint density at radius 2 is 1.97 bits per heavy atom. The number of nitrogens with one attached hydrogen (secondary N) is 1. The Labute approximate surface area is 169 Å².